The molecule has 8 heteroatoms. The molecule has 2 unspecified atom stereocenters. The van der Waals surface area contributed by atoms with Crippen molar-refractivity contribution in [2.45, 2.75) is 44.3 Å². The van der Waals surface area contributed by atoms with E-state index in [9.17, 15) is 4.39 Å². The van der Waals surface area contributed by atoms with E-state index in [1.165, 1.54) is 34.2 Å². The number of fused-ring (bicyclic) bond motifs is 1. The summed E-state index contributed by atoms with van der Waals surface area (Å²) in [5.74, 6) is 0.323. The van der Waals surface area contributed by atoms with Gasteiger partial charge in [-0.1, -0.05) is 18.2 Å². The molecule has 1 saturated heterocycles. The largest absolute Gasteiger partial charge is 0.383 e. The number of hydrogen-bond acceptors (Lipinski definition) is 5. The molecule has 1 fully saturated rings. The van der Waals surface area contributed by atoms with Gasteiger partial charge in [-0.25, -0.2) is 14.1 Å². The summed E-state index contributed by atoms with van der Waals surface area (Å²) in [4.78, 5) is 7.47. The molecule has 190 valence electrons. The average molecular weight is 491 g/mol. The van der Waals surface area contributed by atoms with Gasteiger partial charge in [-0.05, 0) is 85.6 Å². The van der Waals surface area contributed by atoms with Crippen LogP contribution in [-0.4, -0.2) is 52.6 Å². The van der Waals surface area contributed by atoms with E-state index in [0.29, 0.717) is 18.6 Å². The Morgan fingerprint density at radius 1 is 1.22 bits per heavy atom. The number of piperidine rings is 1. The molecule has 0 bridgehead atoms. The highest BCUT2D eigenvalue weighted by Gasteiger charge is 2.27. The van der Waals surface area contributed by atoms with E-state index < -0.39 is 0 Å². The highest BCUT2D eigenvalue weighted by Crippen LogP contribution is 2.26. The molecule has 5 rings (SSSR count). The Balaban J connectivity index is 1.21. The molecule has 0 aliphatic carbocycles. The lowest BCUT2D eigenvalue weighted by molar-refractivity contribution is 0.145. The van der Waals surface area contributed by atoms with Gasteiger partial charge < -0.3 is 20.4 Å². The second-order valence-corrected chi connectivity index (χ2v) is 9.76. The van der Waals surface area contributed by atoms with Gasteiger partial charge in [-0.15, -0.1) is 0 Å². The number of benzene rings is 2. The summed E-state index contributed by atoms with van der Waals surface area (Å²) in [6.45, 7) is 3.30. The molecule has 1 aliphatic heterocycles. The van der Waals surface area contributed by atoms with Crippen LogP contribution in [0.25, 0.3) is 10.9 Å². The number of aromatic nitrogens is 4. The first-order chi connectivity index (χ1) is 17.7. The van der Waals surface area contributed by atoms with Crippen LogP contribution in [0.4, 0.5) is 4.39 Å². The Bertz CT molecular complexity index is 1220. The van der Waals surface area contributed by atoms with Crippen LogP contribution < -0.4 is 10.6 Å². The first kappa shape index (κ1) is 24.6. The van der Waals surface area contributed by atoms with Crippen LogP contribution in [0.15, 0.2) is 61.3 Å². The van der Waals surface area contributed by atoms with Gasteiger partial charge in [0.15, 0.2) is 0 Å². The molecule has 1 aliphatic rings. The van der Waals surface area contributed by atoms with E-state index in [0.717, 1.165) is 50.9 Å². The predicted octanol–water partition coefficient (Wildman–Crippen LogP) is 4.22. The van der Waals surface area contributed by atoms with Crippen molar-refractivity contribution < 1.29 is 9.13 Å². The number of rotatable bonds is 11. The maximum absolute atomic E-state index is 13.4. The van der Waals surface area contributed by atoms with Crippen molar-refractivity contribution in [2.75, 3.05) is 26.8 Å². The van der Waals surface area contributed by atoms with Gasteiger partial charge in [0.05, 0.1) is 19.2 Å². The van der Waals surface area contributed by atoms with E-state index >= 15 is 0 Å². The third kappa shape index (κ3) is 6.00. The molecule has 3 N–H and O–H groups in total. The zero-order valence-corrected chi connectivity index (χ0v) is 20.8. The maximum Gasteiger partial charge on any atom is 0.137 e. The summed E-state index contributed by atoms with van der Waals surface area (Å²) in [6, 6.07) is 13.8. The molecule has 3 atom stereocenters. The summed E-state index contributed by atoms with van der Waals surface area (Å²) in [7, 11) is 1.72. The molecule has 0 amide bonds. The van der Waals surface area contributed by atoms with Crippen LogP contribution in [0.1, 0.15) is 42.0 Å². The number of nitrogens with one attached hydrogen (secondary N) is 3. The van der Waals surface area contributed by atoms with Gasteiger partial charge in [0, 0.05) is 30.3 Å². The van der Waals surface area contributed by atoms with Crippen molar-refractivity contribution in [3.8, 4) is 0 Å². The number of aromatic amines is 1. The highest BCUT2D eigenvalue weighted by atomic mass is 19.1. The lowest BCUT2D eigenvalue weighted by Crippen LogP contribution is -2.49. The van der Waals surface area contributed by atoms with Crippen LogP contribution in [0.5, 0.6) is 0 Å². The maximum atomic E-state index is 13.4. The van der Waals surface area contributed by atoms with Crippen LogP contribution in [-0.2, 0) is 17.7 Å². The fraction of sp³-hybridized carbons (Fsp3) is 0.429. The summed E-state index contributed by atoms with van der Waals surface area (Å²) in [5.41, 5.74) is 4.82. The molecule has 2 aromatic carbocycles. The number of H-pyrrole nitrogens is 1. The summed E-state index contributed by atoms with van der Waals surface area (Å²) in [6.07, 6.45) is 9.84. The van der Waals surface area contributed by atoms with Crippen LogP contribution in [0, 0.1) is 11.7 Å². The average Bonchev–Trinajstić information content (AvgIpc) is 3.55. The third-order valence-electron chi connectivity index (χ3n) is 7.29. The van der Waals surface area contributed by atoms with Crippen LogP contribution in [0.2, 0.25) is 0 Å². The Labute approximate surface area is 211 Å². The number of hydrogen-bond donors (Lipinski definition) is 3. The number of halogens is 1. The van der Waals surface area contributed by atoms with Crippen LogP contribution in [0.3, 0.4) is 0 Å². The SMILES string of the molecule is COCC(N[C@@H]1CCNCC1CCCc1c[nH]c2ccc(Cn3cncn3)cc12)c1ccc(F)cc1. The van der Waals surface area contributed by atoms with Crippen molar-refractivity contribution in [1.82, 2.24) is 30.4 Å². The van der Waals surface area contributed by atoms with Crippen molar-refractivity contribution in [1.29, 1.82) is 0 Å². The smallest absolute Gasteiger partial charge is 0.137 e. The number of methoxy groups -OCH3 is 1. The number of nitrogens with zero attached hydrogens (tertiary/aromatic N) is 3. The fourth-order valence-corrected chi connectivity index (χ4v) is 5.39. The minimum absolute atomic E-state index is 0.0539. The van der Waals surface area contributed by atoms with Crippen molar-refractivity contribution in [2.24, 2.45) is 5.92 Å². The molecular weight excluding hydrogens is 455 g/mol. The third-order valence-corrected chi connectivity index (χ3v) is 7.29. The van der Waals surface area contributed by atoms with E-state index in [1.807, 2.05) is 16.8 Å². The van der Waals surface area contributed by atoms with Crippen LogP contribution >= 0.6 is 0 Å². The first-order valence-corrected chi connectivity index (χ1v) is 12.8. The van der Waals surface area contributed by atoms with Gasteiger partial charge in [-0.2, -0.15) is 5.10 Å². The minimum Gasteiger partial charge on any atom is -0.383 e. The van der Waals surface area contributed by atoms with E-state index in [2.05, 4.69) is 50.1 Å². The Morgan fingerprint density at radius 2 is 2.11 bits per heavy atom. The lowest BCUT2D eigenvalue weighted by Gasteiger charge is -2.36. The number of aryl methyl sites for hydroxylation is 1. The molecular formula is C28H35FN6O. The highest BCUT2D eigenvalue weighted by molar-refractivity contribution is 5.83. The van der Waals surface area contributed by atoms with Gasteiger partial charge in [0.25, 0.3) is 0 Å². The monoisotopic (exact) mass is 490 g/mol. The Kier molecular flexibility index (Phi) is 8.05. The second kappa shape index (κ2) is 11.8. The summed E-state index contributed by atoms with van der Waals surface area (Å²) in [5, 5.41) is 12.9. The van der Waals surface area contributed by atoms with Crippen molar-refractivity contribution in [3.63, 3.8) is 0 Å². The molecule has 0 radical (unpaired) electrons. The lowest BCUT2D eigenvalue weighted by atomic mass is 9.87. The Morgan fingerprint density at radius 3 is 2.92 bits per heavy atom. The molecule has 4 aromatic rings. The van der Waals surface area contributed by atoms with Gasteiger partial charge in [0.1, 0.15) is 18.5 Å². The normalized spacial score (nSPS) is 19.1. The van der Waals surface area contributed by atoms with Gasteiger partial charge in [-0.3, -0.25) is 0 Å². The molecule has 36 heavy (non-hydrogen) atoms. The summed E-state index contributed by atoms with van der Waals surface area (Å²) >= 11 is 0. The molecule has 3 heterocycles. The van der Waals surface area contributed by atoms with Gasteiger partial charge in [0.2, 0.25) is 0 Å². The number of ether oxygens (including phenoxy) is 1. The Hall–Kier alpha value is -3.07. The van der Waals surface area contributed by atoms with E-state index in [4.69, 9.17) is 4.74 Å². The standard InChI is InChI=1S/C28H35FN6O/c1-36-17-28(21-6-8-24(29)9-7-21)34-26-11-12-30-14-23(26)4-2-3-22-15-32-27-10-5-20(13-25(22)27)16-35-19-31-18-33-35/h5-10,13,15,18-19,23,26,28,30,32,34H,2-4,11-12,14,16-17H2,1H3/t23?,26-,28?/m1/s1. The topological polar surface area (TPSA) is 79.8 Å². The zero-order valence-electron chi connectivity index (χ0n) is 20.8. The first-order valence-electron chi connectivity index (χ1n) is 12.8. The minimum atomic E-state index is -0.211. The molecule has 7 nitrogen and oxygen atoms in total. The predicted molar refractivity (Wildman–Crippen MR) is 139 cm³/mol. The quantitative estimate of drug-likeness (QED) is 0.293. The fourth-order valence-electron chi connectivity index (χ4n) is 5.39. The van der Waals surface area contributed by atoms with Gasteiger partial charge >= 0.3 is 0 Å². The van der Waals surface area contributed by atoms with Crippen molar-refractivity contribution >= 4 is 10.9 Å². The zero-order chi connectivity index (χ0) is 24.7. The van der Waals surface area contributed by atoms with Crippen molar-refractivity contribution in [3.05, 3.63) is 83.8 Å². The molecule has 2 aromatic heterocycles. The molecule has 0 saturated carbocycles. The van der Waals surface area contributed by atoms with E-state index in [-0.39, 0.29) is 11.9 Å². The summed E-state index contributed by atoms with van der Waals surface area (Å²) < 4.78 is 20.8. The van der Waals surface area contributed by atoms with E-state index in [1.54, 1.807) is 19.8 Å². The molecule has 0 spiro atoms. The second-order valence-electron chi connectivity index (χ2n) is 9.76.